The van der Waals surface area contributed by atoms with E-state index in [0.29, 0.717) is 36.8 Å². The van der Waals surface area contributed by atoms with Crippen LogP contribution in [0.4, 0.5) is 5.69 Å². The zero-order valence-electron chi connectivity index (χ0n) is 12.0. The van der Waals surface area contributed by atoms with Gasteiger partial charge in [0.05, 0.1) is 0 Å². The Balaban J connectivity index is 1.54. The Labute approximate surface area is 134 Å². The van der Waals surface area contributed by atoms with Crippen molar-refractivity contribution in [2.24, 2.45) is 0 Å². The lowest BCUT2D eigenvalue weighted by atomic mass is 10.1. The van der Waals surface area contributed by atoms with Crippen molar-refractivity contribution in [3.63, 3.8) is 0 Å². The molecule has 0 atom stereocenters. The quantitative estimate of drug-likeness (QED) is 0.852. The minimum absolute atomic E-state index is 0.0849. The van der Waals surface area contributed by atoms with E-state index in [9.17, 15) is 4.79 Å². The van der Waals surface area contributed by atoms with Gasteiger partial charge in [-0.25, -0.2) is 0 Å². The molecule has 0 fully saturated rings. The van der Waals surface area contributed by atoms with E-state index in [1.54, 1.807) is 24.3 Å². The molecule has 0 amide bonds. The number of rotatable bonds is 5. The first-order valence-corrected chi connectivity index (χ1v) is 7.52. The Morgan fingerprint density at radius 3 is 2.55 bits per heavy atom. The molecular formula is C17H16ClNO3. The molecule has 0 unspecified atom stereocenters. The molecule has 1 heterocycles. The molecule has 3 rings (SSSR count). The van der Waals surface area contributed by atoms with Gasteiger partial charge in [-0.3, -0.25) is 4.79 Å². The van der Waals surface area contributed by atoms with Gasteiger partial charge in [0, 0.05) is 35.3 Å². The van der Waals surface area contributed by atoms with Crippen molar-refractivity contribution in [1.29, 1.82) is 0 Å². The molecule has 114 valence electrons. The number of halogens is 1. The molecule has 0 aliphatic carbocycles. The molecule has 1 aliphatic rings. The third-order valence-electron chi connectivity index (χ3n) is 3.39. The molecule has 0 bridgehead atoms. The number of carbonyl (C=O) groups is 1. The third-order valence-corrected chi connectivity index (χ3v) is 3.64. The van der Waals surface area contributed by atoms with Crippen LogP contribution in [0.3, 0.4) is 0 Å². The van der Waals surface area contributed by atoms with Gasteiger partial charge >= 0.3 is 0 Å². The minimum Gasteiger partial charge on any atom is -0.486 e. The monoisotopic (exact) mass is 317 g/mol. The van der Waals surface area contributed by atoms with Crippen LogP contribution < -0.4 is 14.8 Å². The highest BCUT2D eigenvalue weighted by molar-refractivity contribution is 6.30. The second kappa shape index (κ2) is 6.71. The average Bonchev–Trinajstić information content (AvgIpc) is 2.55. The van der Waals surface area contributed by atoms with Gasteiger partial charge in [0.15, 0.2) is 17.3 Å². The summed E-state index contributed by atoms with van der Waals surface area (Å²) in [7, 11) is 0. The SMILES string of the molecule is O=C(CCNc1ccc2c(c1)OCCO2)c1ccc(Cl)cc1. The van der Waals surface area contributed by atoms with Crippen LogP contribution in [-0.2, 0) is 0 Å². The van der Waals surface area contributed by atoms with Gasteiger partial charge in [0.25, 0.3) is 0 Å². The van der Waals surface area contributed by atoms with E-state index in [-0.39, 0.29) is 5.78 Å². The number of hydrogen-bond donors (Lipinski definition) is 1. The Morgan fingerprint density at radius 1 is 1.05 bits per heavy atom. The van der Waals surface area contributed by atoms with E-state index in [2.05, 4.69) is 5.32 Å². The summed E-state index contributed by atoms with van der Waals surface area (Å²) in [6.45, 7) is 1.70. The number of nitrogens with one attached hydrogen (secondary N) is 1. The second-order valence-electron chi connectivity index (χ2n) is 4.97. The Hall–Kier alpha value is -2.20. The van der Waals surface area contributed by atoms with Gasteiger partial charge in [0.1, 0.15) is 13.2 Å². The number of ether oxygens (including phenoxy) is 2. The van der Waals surface area contributed by atoms with Gasteiger partial charge in [-0.2, -0.15) is 0 Å². The zero-order valence-corrected chi connectivity index (χ0v) is 12.7. The molecule has 4 nitrogen and oxygen atoms in total. The molecule has 0 saturated carbocycles. The number of anilines is 1. The van der Waals surface area contributed by atoms with Gasteiger partial charge < -0.3 is 14.8 Å². The molecule has 5 heteroatoms. The van der Waals surface area contributed by atoms with Crippen LogP contribution in [0.2, 0.25) is 5.02 Å². The average molecular weight is 318 g/mol. The molecular weight excluding hydrogens is 302 g/mol. The van der Waals surface area contributed by atoms with E-state index in [4.69, 9.17) is 21.1 Å². The Morgan fingerprint density at radius 2 is 1.77 bits per heavy atom. The first-order valence-electron chi connectivity index (χ1n) is 7.15. The van der Waals surface area contributed by atoms with Crippen molar-refractivity contribution in [1.82, 2.24) is 0 Å². The normalized spacial score (nSPS) is 12.8. The predicted molar refractivity (Wildman–Crippen MR) is 86.3 cm³/mol. The summed E-state index contributed by atoms with van der Waals surface area (Å²) in [5.41, 5.74) is 1.58. The van der Waals surface area contributed by atoms with Gasteiger partial charge in [-0.1, -0.05) is 11.6 Å². The molecule has 22 heavy (non-hydrogen) atoms. The highest BCUT2D eigenvalue weighted by Crippen LogP contribution is 2.32. The summed E-state index contributed by atoms with van der Waals surface area (Å²) in [5.74, 6) is 1.58. The lowest BCUT2D eigenvalue weighted by Gasteiger charge is -2.19. The summed E-state index contributed by atoms with van der Waals surface area (Å²) >= 11 is 5.81. The van der Waals surface area contributed by atoms with Crippen molar-refractivity contribution in [3.8, 4) is 11.5 Å². The maximum Gasteiger partial charge on any atom is 0.164 e. The van der Waals surface area contributed by atoms with Crippen molar-refractivity contribution in [2.75, 3.05) is 25.1 Å². The maximum absolute atomic E-state index is 12.1. The molecule has 0 saturated heterocycles. The maximum atomic E-state index is 12.1. The minimum atomic E-state index is 0.0849. The van der Waals surface area contributed by atoms with E-state index in [1.807, 2.05) is 18.2 Å². The largest absolute Gasteiger partial charge is 0.486 e. The number of ketones is 1. The molecule has 2 aromatic carbocycles. The molecule has 0 radical (unpaired) electrons. The summed E-state index contributed by atoms with van der Waals surface area (Å²) < 4.78 is 11.0. The van der Waals surface area contributed by atoms with Crippen molar-refractivity contribution in [2.45, 2.75) is 6.42 Å². The molecule has 0 spiro atoms. The van der Waals surface area contributed by atoms with Crippen LogP contribution in [-0.4, -0.2) is 25.5 Å². The van der Waals surface area contributed by atoms with Crippen LogP contribution in [0, 0.1) is 0 Å². The first kappa shape index (κ1) is 14.7. The van der Waals surface area contributed by atoms with E-state index < -0.39 is 0 Å². The third kappa shape index (κ3) is 3.52. The summed E-state index contributed by atoms with van der Waals surface area (Å²) in [6.07, 6.45) is 0.413. The summed E-state index contributed by atoms with van der Waals surface area (Å²) in [4.78, 5) is 12.1. The summed E-state index contributed by atoms with van der Waals surface area (Å²) in [6, 6.07) is 12.6. The smallest absolute Gasteiger partial charge is 0.164 e. The van der Waals surface area contributed by atoms with Crippen molar-refractivity contribution in [3.05, 3.63) is 53.1 Å². The number of hydrogen-bond acceptors (Lipinski definition) is 4. The van der Waals surface area contributed by atoms with Crippen LogP contribution in [0.15, 0.2) is 42.5 Å². The number of Topliss-reactive ketones (excluding diaryl/α,β-unsaturated/α-hetero) is 1. The van der Waals surface area contributed by atoms with Crippen LogP contribution in [0.25, 0.3) is 0 Å². The fraction of sp³-hybridized carbons (Fsp3) is 0.235. The fourth-order valence-corrected chi connectivity index (χ4v) is 2.38. The summed E-state index contributed by atoms with van der Waals surface area (Å²) in [5, 5.41) is 3.85. The molecule has 0 aromatic heterocycles. The van der Waals surface area contributed by atoms with Crippen molar-refractivity contribution < 1.29 is 14.3 Å². The van der Waals surface area contributed by atoms with Crippen LogP contribution >= 0.6 is 11.6 Å². The van der Waals surface area contributed by atoms with E-state index in [0.717, 1.165) is 17.2 Å². The first-order chi connectivity index (χ1) is 10.7. The van der Waals surface area contributed by atoms with Crippen molar-refractivity contribution >= 4 is 23.1 Å². The van der Waals surface area contributed by atoms with Gasteiger partial charge in [-0.15, -0.1) is 0 Å². The Kier molecular flexibility index (Phi) is 4.49. The van der Waals surface area contributed by atoms with E-state index >= 15 is 0 Å². The number of benzene rings is 2. The highest BCUT2D eigenvalue weighted by Gasteiger charge is 2.11. The predicted octanol–water partition coefficient (Wildman–Crippen LogP) is 3.80. The number of carbonyl (C=O) groups excluding carboxylic acids is 1. The van der Waals surface area contributed by atoms with Crippen LogP contribution in [0.5, 0.6) is 11.5 Å². The standard InChI is InChI=1S/C17H16ClNO3/c18-13-3-1-12(2-4-13)15(20)7-8-19-14-5-6-16-17(11-14)22-10-9-21-16/h1-6,11,19H,7-10H2. The fourth-order valence-electron chi connectivity index (χ4n) is 2.25. The lowest BCUT2D eigenvalue weighted by molar-refractivity contribution is 0.0986. The lowest BCUT2D eigenvalue weighted by Crippen LogP contribution is -2.15. The molecule has 1 aliphatic heterocycles. The van der Waals surface area contributed by atoms with Gasteiger partial charge in [-0.05, 0) is 36.4 Å². The number of fused-ring (bicyclic) bond motifs is 1. The molecule has 1 N–H and O–H groups in total. The second-order valence-corrected chi connectivity index (χ2v) is 5.40. The zero-order chi connectivity index (χ0) is 15.4. The Bertz CT molecular complexity index is 670. The highest BCUT2D eigenvalue weighted by atomic mass is 35.5. The topological polar surface area (TPSA) is 47.6 Å². The molecule has 2 aromatic rings. The van der Waals surface area contributed by atoms with E-state index in [1.165, 1.54) is 0 Å². The van der Waals surface area contributed by atoms with Gasteiger partial charge in [0.2, 0.25) is 0 Å². The van der Waals surface area contributed by atoms with Crippen LogP contribution in [0.1, 0.15) is 16.8 Å².